The molecule has 3 aromatic rings. The van der Waals surface area contributed by atoms with Crippen molar-refractivity contribution >= 4 is 12.2 Å². The zero-order chi connectivity index (χ0) is 31.6. The van der Waals surface area contributed by atoms with E-state index in [9.17, 15) is 9.59 Å². The molecule has 44 heavy (non-hydrogen) atoms. The van der Waals surface area contributed by atoms with Crippen LogP contribution in [-0.4, -0.2) is 61.1 Å². The summed E-state index contributed by atoms with van der Waals surface area (Å²) >= 11 is 0. The van der Waals surface area contributed by atoms with Gasteiger partial charge < -0.3 is 18.8 Å². The molecular formula is C35H42FN3O5. The van der Waals surface area contributed by atoms with E-state index < -0.39 is 5.60 Å². The predicted molar refractivity (Wildman–Crippen MR) is 169 cm³/mol. The molecule has 9 heteroatoms. The smallest absolute Gasteiger partial charge is 0.320 e. The molecule has 234 valence electrons. The van der Waals surface area contributed by atoms with Crippen LogP contribution in [0.5, 0.6) is 11.5 Å². The van der Waals surface area contributed by atoms with Crippen LogP contribution >= 0.6 is 0 Å². The molecule has 1 fully saturated rings. The molecule has 2 aromatic carbocycles. The third kappa shape index (κ3) is 7.04. The summed E-state index contributed by atoms with van der Waals surface area (Å²) in [6.45, 7) is 7.38. The van der Waals surface area contributed by atoms with E-state index in [0.717, 1.165) is 48.4 Å². The number of hydrogen-bond donors (Lipinski definition) is 0. The van der Waals surface area contributed by atoms with Crippen LogP contribution in [0, 0.1) is 11.7 Å². The number of aromatic nitrogens is 1. The Kier molecular flexibility index (Phi) is 9.25. The van der Waals surface area contributed by atoms with Crippen molar-refractivity contribution in [2.45, 2.75) is 58.1 Å². The summed E-state index contributed by atoms with van der Waals surface area (Å²) in [5, 5.41) is 0. The second-order valence-electron chi connectivity index (χ2n) is 12.8. The van der Waals surface area contributed by atoms with Crippen LogP contribution in [0.2, 0.25) is 0 Å². The number of aliphatic imine (C=N–C) groups is 1. The van der Waals surface area contributed by atoms with Gasteiger partial charge >= 0.3 is 5.97 Å². The fraction of sp³-hybridized carbons (Fsp3) is 0.457. The van der Waals surface area contributed by atoms with Crippen LogP contribution in [0.4, 0.5) is 4.39 Å². The molecule has 2 aliphatic heterocycles. The molecule has 8 nitrogen and oxygen atoms in total. The molecular weight excluding hydrogens is 561 g/mol. The summed E-state index contributed by atoms with van der Waals surface area (Å²) in [5.41, 5.74) is 3.69. The number of pyridine rings is 1. The van der Waals surface area contributed by atoms with Gasteiger partial charge in [-0.05, 0) is 101 Å². The largest absolute Gasteiger partial charge is 0.497 e. The third-order valence-electron chi connectivity index (χ3n) is 8.42. The monoisotopic (exact) mass is 603 g/mol. The average Bonchev–Trinajstić information content (AvgIpc) is 3.40. The Hall–Kier alpha value is -3.98. The van der Waals surface area contributed by atoms with Crippen molar-refractivity contribution in [2.24, 2.45) is 18.0 Å². The summed E-state index contributed by atoms with van der Waals surface area (Å²) in [5.74, 6) is 0.977. The maximum absolute atomic E-state index is 15.8. The van der Waals surface area contributed by atoms with Gasteiger partial charge in [0.05, 0.1) is 32.4 Å². The first-order chi connectivity index (χ1) is 21.0. The minimum absolute atomic E-state index is 0.109. The Balaban J connectivity index is 1.33. The maximum Gasteiger partial charge on any atom is 0.320 e. The Labute approximate surface area is 258 Å². The number of nitrogens with zero attached hydrogens (tertiary/aromatic N) is 3. The van der Waals surface area contributed by atoms with E-state index in [4.69, 9.17) is 19.2 Å². The summed E-state index contributed by atoms with van der Waals surface area (Å²) in [7, 11) is 4.90. The van der Waals surface area contributed by atoms with Crippen molar-refractivity contribution < 1.29 is 23.4 Å². The Bertz CT molecular complexity index is 1600. The molecule has 0 bridgehead atoms. The Morgan fingerprint density at radius 1 is 1.05 bits per heavy atom. The fourth-order valence-electron chi connectivity index (χ4n) is 6.18. The van der Waals surface area contributed by atoms with Crippen molar-refractivity contribution in [3.8, 4) is 22.6 Å². The summed E-state index contributed by atoms with van der Waals surface area (Å²) in [6, 6.07) is 10.8. The highest BCUT2D eigenvalue weighted by molar-refractivity contribution is 5.94. The number of likely N-dealkylation sites (tertiary alicyclic amines) is 1. The lowest BCUT2D eigenvalue weighted by molar-refractivity contribution is -0.156. The van der Waals surface area contributed by atoms with Gasteiger partial charge in [0.25, 0.3) is 5.56 Å². The molecule has 0 N–H and O–H groups in total. The summed E-state index contributed by atoms with van der Waals surface area (Å²) < 4.78 is 33.8. The average molecular weight is 604 g/mol. The number of carbonyl (C=O) groups is 1. The van der Waals surface area contributed by atoms with Crippen LogP contribution in [0.1, 0.15) is 61.9 Å². The maximum atomic E-state index is 15.8. The number of fused-ring (bicyclic) bond motifs is 1. The number of ether oxygens (including phenoxy) is 3. The number of hydrogen-bond acceptors (Lipinski definition) is 7. The first kappa shape index (κ1) is 31.4. The zero-order valence-electron chi connectivity index (χ0n) is 26.5. The number of carbonyl (C=O) groups excluding carboxylic acids is 1. The first-order valence-electron chi connectivity index (χ1n) is 15.2. The van der Waals surface area contributed by atoms with Gasteiger partial charge in [0.15, 0.2) is 0 Å². The van der Waals surface area contributed by atoms with Crippen LogP contribution < -0.4 is 15.0 Å². The van der Waals surface area contributed by atoms with Gasteiger partial charge in [-0.3, -0.25) is 19.5 Å². The second kappa shape index (κ2) is 12.9. The highest BCUT2D eigenvalue weighted by Crippen LogP contribution is 2.38. The first-order valence-corrected chi connectivity index (χ1v) is 15.2. The van der Waals surface area contributed by atoms with E-state index in [1.54, 1.807) is 44.3 Å². The van der Waals surface area contributed by atoms with Crippen molar-refractivity contribution in [3.63, 3.8) is 0 Å². The van der Waals surface area contributed by atoms with E-state index in [-0.39, 0.29) is 35.9 Å². The van der Waals surface area contributed by atoms with Gasteiger partial charge in [-0.25, -0.2) is 4.39 Å². The van der Waals surface area contributed by atoms with Gasteiger partial charge in [-0.1, -0.05) is 12.1 Å². The van der Waals surface area contributed by atoms with Crippen LogP contribution in [0.25, 0.3) is 11.1 Å². The number of rotatable bonds is 9. The standard InChI is InChI=1S/C35H42FN3O5/c1-35(2,3)44-32(40)21-39-13-11-23(12-14-39)15-26-29(36)17-24(18-31(26)43-6)28-20-38(4)34(41)33-27(28)19-37-30(33)16-22-7-9-25(42-5)10-8-22/h7-10,17-20,23,30H,11-16,21H2,1-6H3. The van der Waals surface area contributed by atoms with Gasteiger partial charge in [0.2, 0.25) is 0 Å². The molecule has 0 amide bonds. The van der Waals surface area contributed by atoms with E-state index in [0.29, 0.717) is 35.3 Å². The van der Waals surface area contributed by atoms with E-state index in [1.165, 1.54) is 0 Å². The molecule has 0 spiro atoms. The number of methoxy groups -OCH3 is 2. The quantitative estimate of drug-likeness (QED) is 0.300. The van der Waals surface area contributed by atoms with Gasteiger partial charge in [0.1, 0.15) is 22.9 Å². The van der Waals surface area contributed by atoms with Crippen molar-refractivity contribution in [3.05, 3.63) is 81.0 Å². The third-order valence-corrected chi connectivity index (χ3v) is 8.42. The van der Waals surface area contributed by atoms with Gasteiger partial charge in [0, 0.05) is 36.1 Å². The number of halogens is 1. The van der Waals surface area contributed by atoms with Crippen LogP contribution in [0.3, 0.4) is 0 Å². The SMILES string of the molecule is COc1ccc(CC2N=Cc3c(-c4cc(F)c(CC5CCN(CC(=O)OC(C)(C)C)CC5)c(OC)c4)cn(C)c(=O)c32)cc1. The molecule has 1 unspecified atom stereocenters. The number of piperidine rings is 1. The molecule has 0 radical (unpaired) electrons. The topological polar surface area (TPSA) is 82.4 Å². The molecule has 1 atom stereocenters. The number of esters is 1. The highest BCUT2D eigenvalue weighted by atomic mass is 19.1. The van der Waals surface area contributed by atoms with Crippen LogP contribution in [0.15, 0.2) is 52.4 Å². The number of aryl methyl sites for hydroxylation is 1. The zero-order valence-corrected chi connectivity index (χ0v) is 26.5. The fourth-order valence-corrected chi connectivity index (χ4v) is 6.18. The lowest BCUT2D eigenvalue weighted by Gasteiger charge is -2.32. The van der Waals surface area contributed by atoms with E-state index in [2.05, 4.69) is 4.90 Å². The van der Waals surface area contributed by atoms with Crippen molar-refractivity contribution in [2.75, 3.05) is 33.9 Å². The van der Waals surface area contributed by atoms with E-state index >= 15 is 4.39 Å². The normalized spacial score (nSPS) is 17.0. The van der Waals surface area contributed by atoms with Crippen LogP contribution in [-0.2, 0) is 29.4 Å². The van der Waals surface area contributed by atoms with E-state index in [1.807, 2.05) is 51.1 Å². The molecule has 3 heterocycles. The molecule has 5 rings (SSSR count). The summed E-state index contributed by atoms with van der Waals surface area (Å²) in [6.07, 6.45) is 6.31. The molecule has 2 aliphatic rings. The van der Waals surface area contributed by atoms with Gasteiger partial charge in [-0.2, -0.15) is 0 Å². The van der Waals surface area contributed by atoms with Gasteiger partial charge in [-0.15, -0.1) is 0 Å². The van der Waals surface area contributed by atoms with Crippen molar-refractivity contribution in [1.29, 1.82) is 0 Å². The highest BCUT2D eigenvalue weighted by Gasteiger charge is 2.29. The molecule has 1 saturated heterocycles. The lowest BCUT2D eigenvalue weighted by atomic mass is 9.88. The predicted octanol–water partition coefficient (Wildman–Crippen LogP) is 5.52. The Morgan fingerprint density at radius 2 is 1.75 bits per heavy atom. The Morgan fingerprint density at radius 3 is 2.39 bits per heavy atom. The molecule has 1 aromatic heterocycles. The van der Waals surface area contributed by atoms with Crippen molar-refractivity contribution in [1.82, 2.24) is 9.47 Å². The lowest BCUT2D eigenvalue weighted by Crippen LogP contribution is -2.40. The molecule has 0 saturated carbocycles. The summed E-state index contributed by atoms with van der Waals surface area (Å²) in [4.78, 5) is 32.3. The molecule has 0 aliphatic carbocycles. The minimum atomic E-state index is -0.504. The number of benzene rings is 2. The minimum Gasteiger partial charge on any atom is -0.497 e. The second-order valence-corrected chi connectivity index (χ2v) is 12.8.